The van der Waals surface area contributed by atoms with Crippen LogP contribution in [0.4, 0.5) is 15.8 Å². The van der Waals surface area contributed by atoms with Crippen LogP contribution in [0.25, 0.3) is 0 Å². The first-order valence-corrected chi connectivity index (χ1v) is 11.0. The third-order valence-electron chi connectivity index (χ3n) is 5.64. The molecule has 1 N–H and O–H groups in total. The molecule has 0 radical (unpaired) electrons. The number of benzene rings is 2. The lowest BCUT2D eigenvalue weighted by Gasteiger charge is -2.17. The molecule has 0 spiro atoms. The molecule has 1 fully saturated rings. The highest BCUT2D eigenvalue weighted by Gasteiger charge is 2.29. The van der Waals surface area contributed by atoms with E-state index in [4.69, 9.17) is 14.5 Å². The number of nitrogens with zero attached hydrogens (tertiary/aromatic N) is 2. The summed E-state index contributed by atoms with van der Waals surface area (Å²) in [5, 5.41) is 3.25. The monoisotopic (exact) mass is 449 g/mol. The predicted molar refractivity (Wildman–Crippen MR) is 126 cm³/mol. The molecule has 6 nitrogen and oxygen atoms in total. The number of pyridine rings is 1. The van der Waals surface area contributed by atoms with Crippen molar-refractivity contribution in [2.45, 2.75) is 19.3 Å². The van der Waals surface area contributed by atoms with Crippen LogP contribution in [0.5, 0.6) is 5.75 Å². The van der Waals surface area contributed by atoms with Gasteiger partial charge in [0.2, 0.25) is 0 Å². The van der Waals surface area contributed by atoms with Gasteiger partial charge in [0, 0.05) is 54.4 Å². The van der Waals surface area contributed by atoms with Crippen LogP contribution in [0.2, 0.25) is 0 Å². The van der Waals surface area contributed by atoms with Gasteiger partial charge in [-0.05, 0) is 67.9 Å². The van der Waals surface area contributed by atoms with E-state index >= 15 is 0 Å². The molecule has 7 heteroatoms. The number of methoxy groups -OCH3 is 1. The van der Waals surface area contributed by atoms with E-state index in [-0.39, 0.29) is 17.6 Å². The minimum absolute atomic E-state index is 0.00621. The molecule has 1 atom stereocenters. The van der Waals surface area contributed by atoms with Crippen LogP contribution in [0.1, 0.15) is 34.1 Å². The summed E-state index contributed by atoms with van der Waals surface area (Å²) in [5.74, 6) is 0.584. The summed E-state index contributed by atoms with van der Waals surface area (Å²) in [7, 11) is 1.63. The average Bonchev–Trinajstić information content (AvgIpc) is 3.29. The Bertz CT molecular complexity index is 1100. The zero-order valence-electron chi connectivity index (χ0n) is 18.9. The number of anilines is 2. The van der Waals surface area contributed by atoms with Crippen LogP contribution in [0.15, 0.2) is 60.7 Å². The summed E-state index contributed by atoms with van der Waals surface area (Å²) in [6.07, 6.45) is 0.847. The van der Waals surface area contributed by atoms with Crippen molar-refractivity contribution >= 4 is 17.3 Å². The predicted octanol–water partition coefficient (Wildman–Crippen LogP) is 4.93. The standard InChI is InChI=1S/C26H28FN3O3/c1-18-14-23(29-22-5-3-4-21(27)15-22)16-25(28-18)20-10-11-30(17-20)26(31)19-6-8-24(9-7-19)33-13-12-32-2/h3-9,14-16,20H,10-13,17H2,1-2H3,(H,28,29)/t20-/m0/s1. The van der Waals surface area contributed by atoms with Crippen molar-refractivity contribution in [3.8, 4) is 5.75 Å². The Kier molecular flexibility index (Phi) is 7.19. The molecule has 0 aliphatic carbocycles. The van der Waals surface area contributed by atoms with Crippen molar-refractivity contribution in [3.63, 3.8) is 0 Å². The molecular formula is C26H28FN3O3. The topological polar surface area (TPSA) is 63.7 Å². The van der Waals surface area contributed by atoms with E-state index in [9.17, 15) is 9.18 Å². The number of halogens is 1. The Morgan fingerprint density at radius 3 is 2.70 bits per heavy atom. The van der Waals surface area contributed by atoms with Crippen LogP contribution >= 0.6 is 0 Å². The molecule has 33 heavy (non-hydrogen) atoms. The summed E-state index contributed by atoms with van der Waals surface area (Å²) in [6.45, 7) is 4.21. The smallest absolute Gasteiger partial charge is 0.253 e. The number of hydrogen-bond donors (Lipinski definition) is 1. The number of aromatic nitrogens is 1. The second-order valence-electron chi connectivity index (χ2n) is 8.16. The lowest BCUT2D eigenvalue weighted by atomic mass is 10.0. The van der Waals surface area contributed by atoms with E-state index in [1.165, 1.54) is 12.1 Å². The van der Waals surface area contributed by atoms with Gasteiger partial charge in [-0.25, -0.2) is 4.39 Å². The van der Waals surface area contributed by atoms with Crippen LogP contribution in [0, 0.1) is 12.7 Å². The summed E-state index contributed by atoms with van der Waals surface area (Å²) < 4.78 is 24.1. The van der Waals surface area contributed by atoms with Gasteiger partial charge in [-0.3, -0.25) is 9.78 Å². The van der Waals surface area contributed by atoms with Gasteiger partial charge in [-0.2, -0.15) is 0 Å². The van der Waals surface area contributed by atoms with Crippen LogP contribution in [0.3, 0.4) is 0 Å². The highest BCUT2D eigenvalue weighted by Crippen LogP contribution is 2.30. The number of amides is 1. The van der Waals surface area contributed by atoms with Crippen LogP contribution in [-0.4, -0.2) is 49.2 Å². The van der Waals surface area contributed by atoms with E-state index in [1.54, 1.807) is 25.3 Å². The van der Waals surface area contributed by atoms with E-state index in [0.29, 0.717) is 43.3 Å². The summed E-state index contributed by atoms with van der Waals surface area (Å²) >= 11 is 0. The molecule has 172 valence electrons. The maximum Gasteiger partial charge on any atom is 0.253 e. The van der Waals surface area contributed by atoms with Gasteiger partial charge in [-0.15, -0.1) is 0 Å². The molecule has 0 saturated carbocycles. The van der Waals surface area contributed by atoms with Crippen LogP contribution < -0.4 is 10.1 Å². The first-order valence-electron chi connectivity index (χ1n) is 11.0. The van der Waals surface area contributed by atoms with Gasteiger partial charge in [0.25, 0.3) is 5.91 Å². The molecule has 1 aliphatic rings. The fraction of sp³-hybridized carbons (Fsp3) is 0.308. The molecule has 1 aromatic heterocycles. The van der Waals surface area contributed by atoms with Crippen LogP contribution in [-0.2, 0) is 4.74 Å². The van der Waals surface area contributed by atoms with Gasteiger partial charge in [0.15, 0.2) is 0 Å². The van der Waals surface area contributed by atoms with E-state index in [0.717, 1.165) is 23.5 Å². The Morgan fingerprint density at radius 2 is 1.94 bits per heavy atom. The average molecular weight is 450 g/mol. The number of likely N-dealkylation sites (tertiary alicyclic amines) is 1. The Hall–Kier alpha value is -3.45. The van der Waals surface area contributed by atoms with Crippen molar-refractivity contribution in [1.29, 1.82) is 0 Å². The molecule has 1 saturated heterocycles. The van der Waals surface area contributed by atoms with Gasteiger partial charge < -0.3 is 19.7 Å². The summed E-state index contributed by atoms with van der Waals surface area (Å²) in [6, 6.07) is 17.5. The summed E-state index contributed by atoms with van der Waals surface area (Å²) in [5.41, 5.74) is 3.99. The lowest BCUT2D eigenvalue weighted by Crippen LogP contribution is -2.28. The third-order valence-corrected chi connectivity index (χ3v) is 5.64. The maximum absolute atomic E-state index is 13.5. The molecule has 2 heterocycles. The van der Waals surface area contributed by atoms with E-state index < -0.39 is 0 Å². The second-order valence-corrected chi connectivity index (χ2v) is 8.16. The zero-order valence-corrected chi connectivity index (χ0v) is 18.9. The molecule has 1 aliphatic heterocycles. The second kappa shape index (κ2) is 10.4. The number of carbonyl (C=O) groups excluding carboxylic acids is 1. The quantitative estimate of drug-likeness (QED) is 0.494. The number of carbonyl (C=O) groups is 1. The highest BCUT2D eigenvalue weighted by atomic mass is 19.1. The van der Waals surface area contributed by atoms with Gasteiger partial charge in [0.1, 0.15) is 18.2 Å². The summed E-state index contributed by atoms with van der Waals surface area (Å²) in [4.78, 5) is 19.6. The van der Waals surface area contributed by atoms with Gasteiger partial charge in [0.05, 0.1) is 6.61 Å². The fourth-order valence-electron chi connectivity index (χ4n) is 4.01. The van der Waals surface area contributed by atoms with Crippen molar-refractivity contribution in [3.05, 3.63) is 83.4 Å². The minimum atomic E-state index is -0.287. The van der Waals surface area contributed by atoms with E-state index in [2.05, 4.69) is 5.32 Å². The number of nitrogens with one attached hydrogen (secondary N) is 1. The first-order chi connectivity index (χ1) is 16.0. The molecule has 0 unspecified atom stereocenters. The number of rotatable bonds is 8. The highest BCUT2D eigenvalue weighted by molar-refractivity contribution is 5.94. The molecule has 4 rings (SSSR count). The third kappa shape index (κ3) is 5.87. The number of ether oxygens (including phenoxy) is 2. The number of hydrogen-bond acceptors (Lipinski definition) is 5. The van der Waals surface area contributed by atoms with Crippen molar-refractivity contribution in [2.24, 2.45) is 0 Å². The van der Waals surface area contributed by atoms with E-state index in [1.807, 2.05) is 42.2 Å². The van der Waals surface area contributed by atoms with Gasteiger partial charge >= 0.3 is 0 Å². The van der Waals surface area contributed by atoms with Crippen molar-refractivity contribution in [2.75, 3.05) is 38.7 Å². The molecular weight excluding hydrogens is 421 g/mol. The SMILES string of the molecule is COCCOc1ccc(C(=O)N2CC[C@H](c3cc(Nc4cccc(F)c4)cc(C)n3)C2)cc1. The first kappa shape index (κ1) is 22.7. The molecule has 2 aromatic carbocycles. The molecule has 1 amide bonds. The zero-order chi connectivity index (χ0) is 23.2. The molecule has 3 aromatic rings. The van der Waals surface area contributed by atoms with Crippen molar-refractivity contribution < 1.29 is 18.7 Å². The Balaban J connectivity index is 1.41. The Morgan fingerprint density at radius 1 is 1.12 bits per heavy atom. The lowest BCUT2D eigenvalue weighted by molar-refractivity contribution is 0.0790. The Labute approximate surface area is 193 Å². The van der Waals surface area contributed by atoms with Gasteiger partial charge in [-0.1, -0.05) is 6.07 Å². The number of aryl methyl sites for hydroxylation is 1. The largest absolute Gasteiger partial charge is 0.491 e. The minimum Gasteiger partial charge on any atom is -0.491 e. The fourth-order valence-corrected chi connectivity index (χ4v) is 4.01. The maximum atomic E-state index is 13.5. The molecule has 0 bridgehead atoms. The van der Waals surface area contributed by atoms with Crippen molar-refractivity contribution in [1.82, 2.24) is 9.88 Å². The normalized spacial score (nSPS) is 15.5.